The summed E-state index contributed by atoms with van der Waals surface area (Å²) in [6.07, 6.45) is 5.47. The van der Waals surface area contributed by atoms with Crippen molar-refractivity contribution < 1.29 is 19.1 Å². The number of ether oxygens (including phenoxy) is 2. The Morgan fingerprint density at radius 1 is 1.33 bits per heavy atom. The summed E-state index contributed by atoms with van der Waals surface area (Å²) in [5, 5.41) is 2.99. The molecule has 2 aliphatic rings. The minimum absolute atomic E-state index is 0.0940. The number of benzene rings is 1. The molecule has 2 aliphatic heterocycles. The zero-order valence-corrected chi connectivity index (χ0v) is 13.8. The molecule has 0 unspecified atom stereocenters. The maximum absolute atomic E-state index is 12.1. The first-order valence-electron chi connectivity index (χ1n) is 8.23. The Kier molecular flexibility index (Phi) is 5.03. The second-order valence-corrected chi connectivity index (χ2v) is 6.04. The fourth-order valence-corrected chi connectivity index (χ4v) is 3.07. The molecule has 1 N–H and O–H groups in total. The lowest BCUT2D eigenvalue weighted by Crippen LogP contribution is -2.46. The number of rotatable bonds is 3. The summed E-state index contributed by atoms with van der Waals surface area (Å²) >= 11 is 0. The molecule has 1 saturated heterocycles. The van der Waals surface area contributed by atoms with Gasteiger partial charge in [-0.15, -0.1) is 0 Å². The van der Waals surface area contributed by atoms with Gasteiger partial charge in [-0.3, -0.25) is 4.79 Å². The predicted octanol–water partition coefficient (Wildman–Crippen LogP) is 1.98. The molecule has 0 bridgehead atoms. The average Bonchev–Trinajstić information content (AvgIpc) is 3.07. The Balaban J connectivity index is 1.48. The Morgan fingerprint density at radius 2 is 2.12 bits per heavy atom. The molecule has 0 aliphatic carbocycles. The number of methoxy groups -OCH3 is 1. The number of carbonyl (C=O) groups is 2. The summed E-state index contributed by atoms with van der Waals surface area (Å²) in [6, 6.07) is 6.04. The van der Waals surface area contributed by atoms with Gasteiger partial charge in [-0.25, -0.2) is 4.79 Å². The van der Waals surface area contributed by atoms with Gasteiger partial charge in [0.1, 0.15) is 5.75 Å². The third kappa shape index (κ3) is 3.88. The Hall–Kier alpha value is -2.50. The van der Waals surface area contributed by atoms with Gasteiger partial charge in [-0.05, 0) is 42.2 Å². The van der Waals surface area contributed by atoms with Crippen LogP contribution in [0.15, 0.2) is 24.3 Å². The maximum atomic E-state index is 12.1. The summed E-state index contributed by atoms with van der Waals surface area (Å²) in [7, 11) is 1.38. The molecule has 6 heteroatoms. The van der Waals surface area contributed by atoms with Crippen LogP contribution in [0.4, 0.5) is 4.79 Å². The summed E-state index contributed by atoms with van der Waals surface area (Å²) in [5.41, 5.74) is 2.18. The van der Waals surface area contributed by atoms with Gasteiger partial charge in [0.05, 0.1) is 13.7 Å². The van der Waals surface area contributed by atoms with E-state index in [4.69, 9.17) is 9.47 Å². The minimum Gasteiger partial charge on any atom is -0.493 e. The van der Waals surface area contributed by atoms with Crippen molar-refractivity contribution in [3.05, 3.63) is 35.4 Å². The molecule has 1 aromatic carbocycles. The van der Waals surface area contributed by atoms with E-state index in [1.807, 2.05) is 18.2 Å². The number of hydrogen-bond acceptors (Lipinski definition) is 4. The predicted molar refractivity (Wildman–Crippen MR) is 89.8 cm³/mol. The van der Waals surface area contributed by atoms with E-state index in [9.17, 15) is 9.59 Å². The topological polar surface area (TPSA) is 67.9 Å². The summed E-state index contributed by atoms with van der Waals surface area (Å²) in [5.74, 6) is 0.831. The van der Waals surface area contributed by atoms with Crippen molar-refractivity contribution in [1.29, 1.82) is 0 Å². The van der Waals surface area contributed by atoms with Crippen molar-refractivity contribution >= 4 is 18.1 Å². The van der Waals surface area contributed by atoms with E-state index in [0.29, 0.717) is 13.1 Å². The molecule has 128 valence electrons. The van der Waals surface area contributed by atoms with E-state index >= 15 is 0 Å². The lowest BCUT2D eigenvalue weighted by Gasteiger charge is -2.31. The average molecular weight is 330 g/mol. The molecule has 2 amide bonds. The van der Waals surface area contributed by atoms with Crippen molar-refractivity contribution in [3.8, 4) is 5.75 Å². The first-order chi connectivity index (χ1) is 11.7. The van der Waals surface area contributed by atoms with Crippen LogP contribution in [0.1, 0.15) is 24.0 Å². The largest absolute Gasteiger partial charge is 0.493 e. The lowest BCUT2D eigenvalue weighted by atomic mass is 10.1. The van der Waals surface area contributed by atoms with Gasteiger partial charge in [0.15, 0.2) is 0 Å². The van der Waals surface area contributed by atoms with Gasteiger partial charge in [0.25, 0.3) is 0 Å². The Bertz CT molecular complexity index is 648. The molecule has 0 radical (unpaired) electrons. The second-order valence-electron chi connectivity index (χ2n) is 6.04. The van der Waals surface area contributed by atoms with Crippen molar-refractivity contribution in [2.24, 2.45) is 0 Å². The van der Waals surface area contributed by atoms with E-state index < -0.39 is 0 Å². The van der Waals surface area contributed by atoms with Gasteiger partial charge < -0.3 is 19.7 Å². The Labute approximate surface area is 141 Å². The molecule has 0 saturated carbocycles. The molecule has 0 atom stereocenters. The number of fused-ring (bicyclic) bond motifs is 1. The highest BCUT2D eigenvalue weighted by Gasteiger charge is 2.23. The van der Waals surface area contributed by atoms with Crippen LogP contribution in [-0.2, 0) is 16.0 Å². The van der Waals surface area contributed by atoms with Crippen LogP contribution < -0.4 is 10.1 Å². The third-order valence-electron chi connectivity index (χ3n) is 4.41. The smallest absolute Gasteiger partial charge is 0.409 e. The molecule has 1 fully saturated rings. The number of piperidine rings is 1. The van der Waals surface area contributed by atoms with Crippen molar-refractivity contribution in [1.82, 2.24) is 10.2 Å². The number of amides is 2. The number of hydrogen-bond donors (Lipinski definition) is 1. The fraction of sp³-hybridized carbons (Fsp3) is 0.444. The minimum atomic E-state index is -0.305. The summed E-state index contributed by atoms with van der Waals surface area (Å²) in [4.78, 5) is 25.2. The maximum Gasteiger partial charge on any atom is 0.409 e. The van der Waals surface area contributed by atoms with Gasteiger partial charge in [-0.2, -0.15) is 0 Å². The van der Waals surface area contributed by atoms with Crippen LogP contribution >= 0.6 is 0 Å². The summed E-state index contributed by atoms with van der Waals surface area (Å²) in [6.45, 7) is 1.94. The fourth-order valence-electron chi connectivity index (χ4n) is 3.07. The van der Waals surface area contributed by atoms with Crippen molar-refractivity contribution in [2.75, 3.05) is 26.8 Å². The monoisotopic (exact) mass is 330 g/mol. The molecule has 24 heavy (non-hydrogen) atoms. The van der Waals surface area contributed by atoms with E-state index in [-0.39, 0.29) is 18.0 Å². The van der Waals surface area contributed by atoms with Gasteiger partial charge in [0, 0.05) is 31.6 Å². The van der Waals surface area contributed by atoms with Crippen LogP contribution in [0.25, 0.3) is 6.08 Å². The van der Waals surface area contributed by atoms with Crippen LogP contribution in [0.2, 0.25) is 0 Å². The molecule has 2 heterocycles. The number of nitrogens with one attached hydrogen (secondary N) is 1. The normalized spacial score (nSPS) is 17.5. The van der Waals surface area contributed by atoms with Crippen LogP contribution in [0.5, 0.6) is 5.75 Å². The van der Waals surface area contributed by atoms with Gasteiger partial charge in [-0.1, -0.05) is 6.07 Å². The lowest BCUT2D eigenvalue weighted by molar-refractivity contribution is -0.117. The molecule has 6 nitrogen and oxygen atoms in total. The van der Waals surface area contributed by atoms with E-state index in [0.717, 1.165) is 37.2 Å². The second kappa shape index (κ2) is 7.38. The van der Waals surface area contributed by atoms with E-state index in [2.05, 4.69) is 11.4 Å². The molecule has 0 aromatic heterocycles. The first-order valence-corrected chi connectivity index (χ1v) is 8.23. The Morgan fingerprint density at radius 3 is 2.88 bits per heavy atom. The highest BCUT2D eigenvalue weighted by molar-refractivity contribution is 5.92. The van der Waals surface area contributed by atoms with E-state index in [1.165, 1.54) is 12.7 Å². The highest BCUT2D eigenvalue weighted by Crippen LogP contribution is 2.26. The number of likely N-dealkylation sites (tertiary alicyclic amines) is 1. The SMILES string of the molecule is COC(=O)N1CCC(NC(=O)C=Cc2ccc3c(c2)CCO3)CC1. The van der Waals surface area contributed by atoms with Crippen LogP contribution in [0, 0.1) is 0 Å². The summed E-state index contributed by atoms with van der Waals surface area (Å²) < 4.78 is 10.2. The zero-order valence-electron chi connectivity index (χ0n) is 13.8. The van der Waals surface area contributed by atoms with E-state index in [1.54, 1.807) is 11.0 Å². The van der Waals surface area contributed by atoms with Gasteiger partial charge in [0.2, 0.25) is 5.91 Å². The zero-order chi connectivity index (χ0) is 16.9. The van der Waals surface area contributed by atoms with Crippen LogP contribution in [0.3, 0.4) is 0 Å². The highest BCUT2D eigenvalue weighted by atomic mass is 16.5. The van der Waals surface area contributed by atoms with Crippen molar-refractivity contribution in [2.45, 2.75) is 25.3 Å². The third-order valence-corrected chi connectivity index (χ3v) is 4.41. The molecule has 0 spiro atoms. The van der Waals surface area contributed by atoms with Crippen LogP contribution in [-0.4, -0.2) is 49.7 Å². The van der Waals surface area contributed by atoms with Gasteiger partial charge >= 0.3 is 6.09 Å². The van der Waals surface area contributed by atoms with Crippen molar-refractivity contribution in [3.63, 3.8) is 0 Å². The number of carbonyl (C=O) groups excluding carboxylic acids is 2. The number of nitrogens with zero attached hydrogens (tertiary/aromatic N) is 1. The standard InChI is InChI=1S/C18H22N2O4/c1-23-18(22)20-9-6-15(7-10-20)19-17(21)5-3-13-2-4-16-14(12-13)8-11-24-16/h2-5,12,15H,6-11H2,1H3,(H,19,21). The molecule has 1 aromatic rings. The molecular weight excluding hydrogens is 308 g/mol. The first kappa shape index (κ1) is 16.4. The molecule has 3 rings (SSSR count). The quantitative estimate of drug-likeness (QED) is 0.861. The molecular formula is C18H22N2O4.